The van der Waals surface area contributed by atoms with Gasteiger partial charge in [-0.25, -0.2) is 0 Å². The van der Waals surface area contributed by atoms with Crippen LogP contribution in [-0.2, 0) is 4.74 Å². The molecule has 0 aromatic carbocycles. The minimum Gasteiger partial charge on any atom is -0.394 e. The van der Waals surface area contributed by atoms with Gasteiger partial charge in [-0.1, -0.05) is 0 Å². The standard InChI is InChI=1S/C9H12N2O5/c12-4-8-9(13)7(5-16-8)10-2-1-6(3-10)11(14)15/h1-3,7-9,12-13H,4-5H2/t7-,8-,9+/m1/s1. The molecule has 1 aromatic rings. The molecule has 2 N–H and O–H groups in total. The van der Waals surface area contributed by atoms with Crippen LogP contribution in [0.2, 0.25) is 0 Å². The first-order valence-electron chi connectivity index (χ1n) is 4.86. The third-order valence-electron chi connectivity index (χ3n) is 2.73. The Morgan fingerprint density at radius 1 is 1.69 bits per heavy atom. The average molecular weight is 228 g/mol. The van der Waals surface area contributed by atoms with E-state index in [2.05, 4.69) is 0 Å². The summed E-state index contributed by atoms with van der Waals surface area (Å²) in [6, 6.07) is 0.977. The van der Waals surface area contributed by atoms with Crippen LogP contribution in [-0.4, -0.2) is 45.1 Å². The Labute approximate surface area is 91.0 Å². The van der Waals surface area contributed by atoms with Gasteiger partial charge in [0, 0.05) is 12.3 Å². The molecule has 1 fully saturated rings. The Morgan fingerprint density at radius 2 is 2.44 bits per heavy atom. The molecule has 7 nitrogen and oxygen atoms in total. The number of aliphatic hydroxyl groups is 2. The first-order valence-corrected chi connectivity index (χ1v) is 4.86. The van der Waals surface area contributed by atoms with Gasteiger partial charge < -0.3 is 19.5 Å². The quantitative estimate of drug-likeness (QED) is 0.546. The number of aliphatic hydroxyl groups excluding tert-OH is 2. The van der Waals surface area contributed by atoms with Crippen LogP contribution < -0.4 is 0 Å². The van der Waals surface area contributed by atoms with Crippen molar-refractivity contribution in [2.45, 2.75) is 18.2 Å². The maximum absolute atomic E-state index is 10.5. The lowest BCUT2D eigenvalue weighted by Gasteiger charge is -2.16. The Balaban J connectivity index is 2.15. The molecule has 0 bridgehead atoms. The average Bonchev–Trinajstić information content (AvgIpc) is 2.83. The first kappa shape index (κ1) is 11.1. The highest BCUT2D eigenvalue weighted by atomic mass is 16.6. The molecular weight excluding hydrogens is 216 g/mol. The highest BCUT2D eigenvalue weighted by molar-refractivity contribution is 5.26. The van der Waals surface area contributed by atoms with Crippen LogP contribution in [0.5, 0.6) is 0 Å². The maximum Gasteiger partial charge on any atom is 0.286 e. The van der Waals surface area contributed by atoms with E-state index in [1.165, 1.54) is 18.5 Å². The van der Waals surface area contributed by atoms with Crippen LogP contribution in [0.15, 0.2) is 18.5 Å². The monoisotopic (exact) mass is 228 g/mol. The normalized spacial score (nSPS) is 29.5. The molecule has 16 heavy (non-hydrogen) atoms. The van der Waals surface area contributed by atoms with E-state index in [9.17, 15) is 15.2 Å². The van der Waals surface area contributed by atoms with E-state index in [1.54, 1.807) is 4.57 Å². The lowest BCUT2D eigenvalue weighted by atomic mass is 10.1. The van der Waals surface area contributed by atoms with Gasteiger partial charge in [0.25, 0.3) is 5.69 Å². The maximum atomic E-state index is 10.5. The Kier molecular flexibility index (Phi) is 2.90. The van der Waals surface area contributed by atoms with Crippen LogP contribution >= 0.6 is 0 Å². The van der Waals surface area contributed by atoms with Crippen molar-refractivity contribution < 1.29 is 19.9 Å². The fourth-order valence-electron chi connectivity index (χ4n) is 1.81. The smallest absolute Gasteiger partial charge is 0.286 e. The molecule has 0 spiro atoms. The molecule has 2 heterocycles. The zero-order valence-corrected chi connectivity index (χ0v) is 8.39. The van der Waals surface area contributed by atoms with Gasteiger partial charge in [0.1, 0.15) is 12.2 Å². The third kappa shape index (κ3) is 1.80. The summed E-state index contributed by atoms with van der Waals surface area (Å²) < 4.78 is 6.70. The molecule has 2 rings (SSSR count). The zero-order chi connectivity index (χ0) is 11.7. The van der Waals surface area contributed by atoms with Crippen LogP contribution in [0.25, 0.3) is 0 Å². The van der Waals surface area contributed by atoms with Crippen molar-refractivity contribution in [3.8, 4) is 0 Å². The lowest BCUT2D eigenvalue weighted by Crippen LogP contribution is -2.30. The summed E-state index contributed by atoms with van der Waals surface area (Å²) in [6.07, 6.45) is 1.40. The molecule has 0 aliphatic carbocycles. The first-order chi connectivity index (χ1) is 7.63. The summed E-state index contributed by atoms with van der Waals surface area (Å²) in [5, 5.41) is 29.2. The minimum absolute atomic E-state index is 0.0281. The molecular formula is C9H12N2O5. The van der Waals surface area contributed by atoms with E-state index >= 15 is 0 Å². The Bertz CT molecular complexity index is 391. The van der Waals surface area contributed by atoms with Crippen LogP contribution in [0.4, 0.5) is 5.69 Å². The van der Waals surface area contributed by atoms with Crippen LogP contribution in [0, 0.1) is 10.1 Å². The Hall–Kier alpha value is -1.44. The summed E-state index contributed by atoms with van der Waals surface area (Å²) in [7, 11) is 0. The summed E-state index contributed by atoms with van der Waals surface area (Å²) in [4.78, 5) is 9.99. The predicted octanol–water partition coefficient (Wildman–Crippen LogP) is -0.311. The summed E-state index contributed by atoms with van der Waals surface area (Å²) in [5.41, 5.74) is -0.0281. The number of nitrogens with zero attached hydrogens (tertiary/aromatic N) is 2. The van der Waals surface area contributed by atoms with E-state index in [0.29, 0.717) is 0 Å². The van der Waals surface area contributed by atoms with E-state index in [-0.39, 0.29) is 24.9 Å². The van der Waals surface area contributed by atoms with Crippen molar-refractivity contribution in [1.29, 1.82) is 0 Å². The molecule has 88 valence electrons. The molecule has 1 aliphatic rings. The van der Waals surface area contributed by atoms with E-state index in [1.807, 2.05) is 0 Å². The van der Waals surface area contributed by atoms with Gasteiger partial charge >= 0.3 is 0 Å². The van der Waals surface area contributed by atoms with Gasteiger partial charge in [-0.3, -0.25) is 10.1 Å². The highest BCUT2D eigenvalue weighted by Crippen LogP contribution is 2.26. The largest absolute Gasteiger partial charge is 0.394 e. The lowest BCUT2D eigenvalue weighted by molar-refractivity contribution is -0.384. The van der Waals surface area contributed by atoms with Crippen molar-refractivity contribution in [2.75, 3.05) is 13.2 Å². The zero-order valence-electron chi connectivity index (χ0n) is 8.39. The number of aromatic nitrogens is 1. The van der Waals surface area contributed by atoms with Crippen molar-refractivity contribution in [3.05, 3.63) is 28.6 Å². The number of nitro groups is 1. The van der Waals surface area contributed by atoms with Crippen molar-refractivity contribution in [2.24, 2.45) is 0 Å². The van der Waals surface area contributed by atoms with Crippen molar-refractivity contribution in [3.63, 3.8) is 0 Å². The minimum atomic E-state index is -0.850. The van der Waals surface area contributed by atoms with E-state index in [0.717, 1.165) is 0 Å². The molecule has 7 heteroatoms. The molecule has 1 saturated heterocycles. The summed E-state index contributed by atoms with van der Waals surface area (Å²) in [5.74, 6) is 0. The fraction of sp³-hybridized carbons (Fsp3) is 0.556. The van der Waals surface area contributed by atoms with E-state index in [4.69, 9.17) is 9.84 Å². The predicted molar refractivity (Wildman–Crippen MR) is 53.0 cm³/mol. The van der Waals surface area contributed by atoms with Crippen molar-refractivity contribution >= 4 is 5.69 Å². The SMILES string of the molecule is O=[N+]([O-])c1ccn([C@@H]2CO[C@H](CO)[C@H]2O)c1. The number of ether oxygens (including phenoxy) is 1. The van der Waals surface area contributed by atoms with E-state index < -0.39 is 17.1 Å². The van der Waals surface area contributed by atoms with Crippen molar-refractivity contribution in [1.82, 2.24) is 4.57 Å². The second-order valence-corrected chi connectivity index (χ2v) is 3.69. The van der Waals surface area contributed by atoms with Gasteiger partial charge in [-0.15, -0.1) is 0 Å². The van der Waals surface area contributed by atoms with Gasteiger partial charge in [-0.05, 0) is 0 Å². The molecule has 0 saturated carbocycles. The molecule has 0 amide bonds. The van der Waals surface area contributed by atoms with Crippen LogP contribution in [0.3, 0.4) is 0 Å². The van der Waals surface area contributed by atoms with Gasteiger partial charge in [-0.2, -0.15) is 0 Å². The molecule has 0 radical (unpaired) electrons. The van der Waals surface area contributed by atoms with Gasteiger partial charge in [0.05, 0.1) is 30.4 Å². The Morgan fingerprint density at radius 3 is 2.94 bits per heavy atom. The summed E-state index contributed by atoms with van der Waals surface area (Å²) >= 11 is 0. The second kappa shape index (κ2) is 4.20. The van der Waals surface area contributed by atoms with Crippen LogP contribution in [0.1, 0.15) is 6.04 Å². The molecule has 1 aliphatic heterocycles. The highest BCUT2D eigenvalue weighted by Gasteiger charge is 2.36. The molecule has 0 unspecified atom stereocenters. The number of hydrogen-bond donors (Lipinski definition) is 2. The molecule has 1 aromatic heterocycles. The van der Waals surface area contributed by atoms with Gasteiger partial charge in [0.15, 0.2) is 0 Å². The number of rotatable bonds is 3. The molecule has 3 atom stereocenters. The number of hydrogen-bond acceptors (Lipinski definition) is 5. The van der Waals surface area contributed by atoms with Gasteiger partial charge in [0.2, 0.25) is 0 Å². The summed E-state index contributed by atoms with van der Waals surface area (Å²) in [6.45, 7) is -0.0285. The topological polar surface area (TPSA) is 97.8 Å². The second-order valence-electron chi connectivity index (χ2n) is 3.69. The third-order valence-corrected chi connectivity index (χ3v) is 2.73. The fourth-order valence-corrected chi connectivity index (χ4v) is 1.81.